The summed E-state index contributed by atoms with van der Waals surface area (Å²) in [5.74, 6) is 0.507. The first-order valence-corrected chi connectivity index (χ1v) is 5.28. The molecule has 1 atom stereocenters. The number of nitrogens with zero attached hydrogens (tertiary/aromatic N) is 1. The average Bonchev–Trinajstić information content (AvgIpc) is 2.33. The third kappa shape index (κ3) is 4.50. The molecule has 102 valence electrons. The minimum Gasteiger partial charge on any atom is -0.495 e. The predicted octanol–water partition coefficient (Wildman–Crippen LogP) is 1.93. The van der Waals surface area contributed by atoms with Crippen molar-refractivity contribution in [2.75, 3.05) is 27.4 Å². The number of hydrogen-bond acceptors (Lipinski definition) is 4. The van der Waals surface area contributed by atoms with Gasteiger partial charge in [0.15, 0.2) is 0 Å². The Morgan fingerprint density at radius 3 is 2.72 bits per heavy atom. The first-order chi connectivity index (χ1) is 8.48. The van der Waals surface area contributed by atoms with E-state index in [9.17, 15) is 13.2 Å². The highest BCUT2D eigenvalue weighted by Crippen LogP contribution is 2.23. The molecule has 0 saturated heterocycles. The van der Waals surface area contributed by atoms with Crippen molar-refractivity contribution in [3.63, 3.8) is 0 Å². The van der Waals surface area contributed by atoms with Crippen LogP contribution in [0.4, 0.5) is 13.2 Å². The highest BCUT2D eigenvalue weighted by atomic mass is 19.4. The van der Waals surface area contributed by atoms with Crippen LogP contribution >= 0.6 is 0 Å². The van der Waals surface area contributed by atoms with Crippen molar-refractivity contribution >= 4 is 0 Å². The summed E-state index contributed by atoms with van der Waals surface area (Å²) in [7, 11) is 3.10. The van der Waals surface area contributed by atoms with E-state index in [0.29, 0.717) is 11.4 Å². The van der Waals surface area contributed by atoms with Gasteiger partial charge in [0, 0.05) is 6.20 Å². The monoisotopic (exact) mass is 264 g/mol. The van der Waals surface area contributed by atoms with E-state index in [2.05, 4.69) is 15.0 Å². The minimum absolute atomic E-state index is 0.136. The van der Waals surface area contributed by atoms with Gasteiger partial charge in [0.25, 0.3) is 0 Å². The number of pyridine rings is 1. The first-order valence-electron chi connectivity index (χ1n) is 5.28. The molecule has 1 heterocycles. The zero-order valence-corrected chi connectivity index (χ0v) is 10.1. The molecular formula is C11H15F3N2O2. The van der Waals surface area contributed by atoms with Crippen molar-refractivity contribution in [1.82, 2.24) is 10.3 Å². The standard InChI is InChI=1S/C11H15F3N2O2/c1-15-8(6-18-7-11(12,13)14)10-9(17-2)4-3-5-16-10/h3-5,8,15H,6-7H2,1-2H3. The largest absolute Gasteiger partial charge is 0.495 e. The molecule has 0 aromatic carbocycles. The van der Waals surface area contributed by atoms with Crippen LogP contribution in [0.1, 0.15) is 11.7 Å². The second-order valence-corrected chi connectivity index (χ2v) is 3.56. The van der Waals surface area contributed by atoms with E-state index in [4.69, 9.17) is 4.74 Å². The van der Waals surface area contributed by atoms with Gasteiger partial charge >= 0.3 is 6.18 Å². The topological polar surface area (TPSA) is 43.4 Å². The fraction of sp³-hybridized carbons (Fsp3) is 0.545. The summed E-state index contributed by atoms with van der Waals surface area (Å²) in [6, 6.07) is 2.92. The van der Waals surface area contributed by atoms with Crippen molar-refractivity contribution in [2.24, 2.45) is 0 Å². The molecule has 1 aromatic rings. The van der Waals surface area contributed by atoms with Gasteiger partial charge in [0.05, 0.1) is 19.8 Å². The lowest BCUT2D eigenvalue weighted by atomic mass is 10.2. The van der Waals surface area contributed by atoms with Crippen LogP contribution in [0.2, 0.25) is 0 Å². The molecule has 0 aliphatic heterocycles. The molecule has 0 amide bonds. The average molecular weight is 264 g/mol. The van der Waals surface area contributed by atoms with E-state index in [1.54, 1.807) is 25.4 Å². The van der Waals surface area contributed by atoms with E-state index in [-0.39, 0.29) is 6.61 Å². The second-order valence-electron chi connectivity index (χ2n) is 3.56. The van der Waals surface area contributed by atoms with E-state index >= 15 is 0 Å². The van der Waals surface area contributed by atoms with Gasteiger partial charge in [0.1, 0.15) is 18.1 Å². The molecule has 0 aliphatic rings. The number of halogens is 3. The number of hydrogen-bond donors (Lipinski definition) is 1. The molecule has 1 N–H and O–H groups in total. The normalized spacial score (nSPS) is 13.4. The van der Waals surface area contributed by atoms with Crippen molar-refractivity contribution in [1.29, 1.82) is 0 Å². The van der Waals surface area contributed by atoms with Crippen LogP contribution in [-0.4, -0.2) is 38.5 Å². The smallest absolute Gasteiger partial charge is 0.411 e. The number of nitrogens with one attached hydrogen (secondary N) is 1. The third-order valence-electron chi connectivity index (χ3n) is 2.25. The lowest BCUT2D eigenvalue weighted by molar-refractivity contribution is -0.175. The fourth-order valence-electron chi connectivity index (χ4n) is 1.43. The molecule has 1 unspecified atom stereocenters. The second kappa shape index (κ2) is 6.55. The first kappa shape index (κ1) is 14.7. The SMILES string of the molecule is CNC(COCC(F)(F)F)c1ncccc1OC. The number of rotatable bonds is 6. The summed E-state index contributed by atoms with van der Waals surface area (Å²) in [6.45, 7) is -1.41. The van der Waals surface area contributed by atoms with Crippen molar-refractivity contribution < 1.29 is 22.6 Å². The van der Waals surface area contributed by atoms with Crippen LogP contribution in [0.25, 0.3) is 0 Å². The Morgan fingerprint density at radius 1 is 1.44 bits per heavy atom. The van der Waals surface area contributed by atoms with Gasteiger partial charge in [-0.3, -0.25) is 4.98 Å². The molecule has 0 aliphatic carbocycles. The van der Waals surface area contributed by atoms with Gasteiger partial charge in [-0.2, -0.15) is 13.2 Å². The number of ether oxygens (including phenoxy) is 2. The molecule has 0 saturated carbocycles. The Kier molecular flexibility index (Phi) is 5.36. The number of alkyl halides is 3. The van der Waals surface area contributed by atoms with Crippen LogP contribution < -0.4 is 10.1 Å². The Balaban J connectivity index is 2.65. The van der Waals surface area contributed by atoms with Gasteiger partial charge < -0.3 is 14.8 Å². The zero-order chi connectivity index (χ0) is 13.6. The molecule has 0 spiro atoms. The maximum Gasteiger partial charge on any atom is 0.411 e. The lowest BCUT2D eigenvalue weighted by Crippen LogP contribution is -2.26. The fourth-order valence-corrected chi connectivity index (χ4v) is 1.43. The molecule has 1 rings (SSSR count). The van der Waals surface area contributed by atoms with Gasteiger partial charge in [-0.25, -0.2) is 0 Å². The number of aromatic nitrogens is 1. The summed E-state index contributed by atoms with van der Waals surface area (Å²) >= 11 is 0. The van der Waals surface area contributed by atoms with Gasteiger partial charge in [-0.05, 0) is 19.2 Å². The maximum atomic E-state index is 12.0. The predicted molar refractivity (Wildman–Crippen MR) is 59.5 cm³/mol. The van der Waals surface area contributed by atoms with E-state index in [0.717, 1.165) is 0 Å². The lowest BCUT2D eigenvalue weighted by Gasteiger charge is -2.18. The van der Waals surface area contributed by atoms with Crippen molar-refractivity contribution in [3.05, 3.63) is 24.0 Å². The van der Waals surface area contributed by atoms with Crippen molar-refractivity contribution in [3.8, 4) is 5.75 Å². The van der Waals surface area contributed by atoms with E-state index in [1.165, 1.54) is 7.11 Å². The van der Waals surface area contributed by atoms with E-state index < -0.39 is 18.8 Å². The maximum absolute atomic E-state index is 12.0. The number of methoxy groups -OCH3 is 1. The molecule has 0 fully saturated rings. The molecule has 0 radical (unpaired) electrons. The summed E-state index contributed by atoms with van der Waals surface area (Å²) in [6.07, 6.45) is -2.78. The van der Waals surface area contributed by atoms with Gasteiger partial charge in [0.2, 0.25) is 0 Å². The van der Waals surface area contributed by atoms with Crippen LogP contribution in [-0.2, 0) is 4.74 Å². The third-order valence-corrected chi connectivity index (χ3v) is 2.25. The Morgan fingerprint density at radius 2 is 2.17 bits per heavy atom. The molecule has 7 heteroatoms. The molecule has 18 heavy (non-hydrogen) atoms. The molecular weight excluding hydrogens is 249 g/mol. The summed E-state index contributed by atoms with van der Waals surface area (Å²) in [5, 5.41) is 2.84. The number of likely N-dealkylation sites (N-methyl/N-ethyl adjacent to an activating group) is 1. The van der Waals surface area contributed by atoms with Crippen molar-refractivity contribution in [2.45, 2.75) is 12.2 Å². The van der Waals surface area contributed by atoms with Crippen LogP contribution in [0.15, 0.2) is 18.3 Å². The zero-order valence-electron chi connectivity index (χ0n) is 10.1. The van der Waals surface area contributed by atoms with Crippen LogP contribution in [0, 0.1) is 0 Å². The highest BCUT2D eigenvalue weighted by molar-refractivity contribution is 5.29. The molecule has 4 nitrogen and oxygen atoms in total. The summed E-state index contributed by atoms with van der Waals surface area (Å²) in [5.41, 5.74) is 0.518. The van der Waals surface area contributed by atoms with Gasteiger partial charge in [-0.15, -0.1) is 0 Å². The quantitative estimate of drug-likeness (QED) is 0.852. The molecule has 0 bridgehead atoms. The van der Waals surface area contributed by atoms with Crippen LogP contribution in [0.5, 0.6) is 5.75 Å². The Labute approximate surface area is 103 Å². The molecule has 1 aromatic heterocycles. The Hall–Kier alpha value is -1.34. The Bertz CT molecular complexity index is 372. The van der Waals surface area contributed by atoms with Crippen LogP contribution in [0.3, 0.4) is 0 Å². The van der Waals surface area contributed by atoms with E-state index in [1.807, 2.05) is 0 Å². The van der Waals surface area contributed by atoms with Gasteiger partial charge in [-0.1, -0.05) is 0 Å². The summed E-state index contributed by atoms with van der Waals surface area (Å²) in [4.78, 5) is 4.09. The summed E-state index contributed by atoms with van der Waals surface area (Å²) < 4.78 is 45.6. The minimum atomic E-state index is -4.33. The highest BCUT2D eigenvalue weighted by Gasteiger charge is 2.28.